The zero-order valence-electron chi connectivity index (χ0n) is 19.3. The summed E-state index contributed by atoms with van der Waals surface area (Å²) in [5.41, 5.74) is 0.560. The normalized spacial score (nSPS) is 11.5. The summed E-state index contributed by atoms with van der Waals surface area (Å²) in [4.78, 5) is 41.7. The highest BCUT2D eigenvalue weighted by Crippen LogP contribution is 2.19. The molecule has 3 rings (SSSR count). The number of aromatic nitrogens is 2. The molecule has 0 unspecified atom stereocenters. The Morgan fingerprint density at radius 3 is 2.63 bits per heavy atom. The van der Waals surface area contributed by atoms with Crippen molar-refractivity contribution in [2.24, 2.45) is 11.1 Å². The van der Waals surface area contributed by atoms with Crippen LogP contribution in [-0.4, -0.2) is 42.2 Å². The Morgan fingerprint density at radius 1 is 1.17 bits per heavy atom. The molecular weight excluding hydrogens is 492 g/mol. The third-order valence-electron chi connectivity index (χ3n) is 4.89. The van der Waals surface area contributed by atoms with Crippen LogP contribution in [-0.2, 0) is 30.9 Å². The SMILES string of the molecule is CC(C)CCn1c(SCC(=O)OCC(=O)Nc2cccc(S(N)(=O)=O)c2)nc2ccccc2c1=O. The molecule has 1 heterocycles. The van der Waals surface area contributed by atoms with Crippen LogP contribution in [0.3, 0.4) is 0 Å². The van der Waals surface area contributed by atoms with Crippen molar-refractivity contribution < 1.29 is 22.7 Å². The highest BCUT2D eigenvalue weighted by molar-refractivity contribution is 7.99. The van der Waals surface area contributed by atoms with Crippen molar-refractivity contribution in [1.29, 1.82) is 0 Å². The quantitative estimate of drug-likeness (QED) is 0.236. The molecule has 0 saturated carbocycles. The van der Waals surface area contributed by atoms with Gasteiger partial charge in [0.1, 0.15) is 0 Å². The summed E-state index contributed by atoms with van der Waals surface area (Å²) in [6, 6.07) is 12.4. The molecule has 0 aliphatic rings. The first-order chi connectivity index (χ1) is 16.5. The molecule has 0 aliphatic carbocycles. The molecule has 0 spiro atoms. The van der Waals surface area contributed by atoms with Gasteiger partial charge in [-0.15, -0.1) is 0 Å². The van der Waals surface area contributed by atoms with E-state index in [1.807, 2.05) is 0 Å². The van der Waals surface area contributed by atoms with Crippen molar-refractivity contribution in [3.05, 3.63) is 58.9 Å². The van der Waals surface area contributed by atoms with E-state index in [1.165, 1.54) is 24.3 Å². The molecule has 186 valence electrons. The van der Waals surface area contributed by atoms with Crippen molar-refractivity contribution in [1.82, 2.24) is 9.55 Å². The number of hydrogen-bond acceptors (Lipinski definition) is 8. The number of sulfonamides is 1. The second kappa shape index (κ2) is 11.5. The summed E-state index contributed by atoms with van der Waals surface area (Å²) < 4.78 is 29.4. The summed E-state index contributed by atoms with van der Waals surface area (Å²) in [6.45, 7) is 4.01. The van der Waals surface area contributed by atoms with Gasteiger partial charge in [-0.1, -0.05) is 43.8 Å². The van der Waals surface area contributed by atoms with Crippen LogP contribution in [0.1, 0.15) is 20.3 Å². The summed E-state index contributed by atoms with van der Waals surface area (Å²) in [5.74, 6) is -1.09. The van der Waals surface area contributed by atoms with Gasteiger partial charge in [-0.2, -0.15) is 0 Å². The molecule has 0 bridgehead atoms. The number of ether oxygens (including phenoxy) is 1. The Kier molecular flexibility index (Phi) is 8.65. The Balaban J connectivity index is 1.62. The molecule has 3 aromatic rings. The maximum absolute atomic E-state index is 13.0. The molecule has 2 aromatic carbocycles. The van der Waals surface area contributed by atoms with E-state index in [-0.39, 0.29) is 21.9 Å². The monoisotopic (exact) mass is 518 g/mol. The summed E-state index contributed by atoms with van der Waals surface area (Å²) in [5, 5.41) is 8.43. The van der Waals surface area contributed by atoms with E-state index >= 15 is 0 Å². The van der Waals surface area contributed by atoms with E-state index < -0.39 is 28.5 Å². The first kappa shape index (κ1) is 26.4. The zero-order chi connectivity index (χ0) is 25.6. The first-order valence-electron chi connectivity index (χ1n) is 10.8. The standard InChI is InChI=1S/C23H26N4O6S2/c1-15(2)10-11-27-22(30)18-8-3-4-9-19(18)26-23(27)34-14-21(29)33-13-20(28)25-16-6-5-7-17(12-16)35(24,31)32/h3-9,12,15H,10-11,13-14H2,1-2H3,(H,25,28)(H2,24,31,32). The van der Waals surface area contributed by atoms with Crippen molar-refractivity contribution in [2.75, 3.05) is 17.7 Å². The number of fused-ring (bicyclic) bond motifs is 1. The highest BCUT2D eigenvalue weighted by atomic mass is 32.2. The Morgan fingerprint density at radius 2 is 1.91 bits per heavy atom. The number of primary sulfonamides is 1. The summed E-state index contributed by atoms with van der Waals surface area (Å²) in [6.07, 6.45) is 0.769. The van der Waals surface area contributed by atoms with E-state index in [0.717, 1.165) is 18.2 Å². The minimum Gasteiger partial charge on any atom is -0.455 e. The number of nitrogens with two attached hydrogens (primary N) is 1. The van der Waals surface area contributed by atoms with Gasteiger partial charge in [-0.25, -0.2) is 18.5 Å². The molecule has 1 amide bonds. The van der Waals surface area contributed by atoms with E-state index in [4.69, 9.17) is 9.88 Å². The average molecular weight is 519 g/mol. The zero-order valence-corrected chi connectivity index (χ0v) is 20.9. The van der Waals surface area contributed by atoms with Crippen LogP contribution >= 0.6 is 11.8 Å². The van der Waals surface area contributed by atoms with Crippen molar-refractivity contribution in [3.63, 3.8) is 0 Å². The van der Waals surface area contributed by atoms with E-state index in [1.54, 1.807) is 28.8 Å². The predicted molar refractivity (Wildman–Crippen MR) is 134 cm³/mol. The van der Waals surface area contributed by atoms with Gasteiger partial charge in [0.05, 0.1) is 21.6 Å². The van der Waals surface area contributed by atoms with E-state index in [2.05, 4.69) is 24.1 Å². The fourth-order valence-electron chi connectivity index (χ4n) is 3.10. The topological polar surface area (TPSA) is 150 Å². The maximum atomic E-state index is 13.0. The van der Waals surface area contributed by atoms with Crippen LogP contribution in [0.5, 0.6) is 0 Å². The largest absolute Gasteiger partial charge is 0.455 e. The van der Waals surface area contributed by atoms with Crippen LogP contribution in [0.25, 0.3) is 10.9 Å². The highest BCUT2D eigenvalue weighted by Gasteiger charge is 2.15. The number of carbonyl (C=O) groups is 2. The lowest BCUT2D eigenvalue weighted by molar-refractivity contribution is -0.144. The number of carbonyl (C=O) groups excluding carboxylic acids is 2. The fourth-order valence-corrected chi connectivity index (χ4v) is 4.48. The second-order valence-electron chi connectivity index (χ2n) is 8.12. The predicted octanol–water partition coefficient (Wildman–Crippen LogP) is 2.36. The molecule has 0 radical (unpaired) electrons. The minimum absolute atomic E-state index is 0.152. The van der Waals surface area contributed by atoms with Gasteiger partial charge in [-0.3, -0.25) is 19.0 Å². The number of thioether (sulfide) groups is 1. The molecular formula is C23H26N4O6S2. The fraction of sp³-hybridized carbons (Fsp3) is 0.304. The van der Waals surface area contributed by atoms with Crippen molar-refractivity contribution >= 4 is 50.3 Å². The molecule has 12 heteroatoms. The lowest BCUT2D eigenvalue weighted by Gasteiger charge is -2.14. The minimum atomic E-state index is -3.92. The van der Waals surface area contributed by atoms with Gasteiger partial charge < -0.3 is 10.1 Å². The van der Waals surface area contributed by atoms with Gasteiger partial charge in [0.25, 0.3) is 11.5 Å². The van der Waals surface area contributed by atoms with E-state index in [0.29, 0.717) is 28.5 Å². The second-order valence-corrected chi connectivity index (χ2v) is 10.6. The number of para-hydroxylation sites is 1. The van der Waals surface area contributed by atoms with Crippen LogP contribution in [0.15, 0.2) is 63.4 Å². The smallest absolute Gasteiger partial charge is 0.316 e. The number of nitrogens with zero attached hydrogens (tertiary/aromatic N) is 2. The maximum Gasteiger partial charge on any atom is 0.316 e. The van der Waals surface area contributed by atoms with Crippen molar-refractivity contribution in [3.8, 4) is 0 Å². The summed E-state index contributed by atoms with van der Waals surface area (Å²) >= 11 is 1.06. The number of anilines is 1. The van der Waals surface area contributed by atoms with Gasteiger partial charge in [0.15, 0.2) is 11.8 Å². The lowest BCUT2D eigenvalue weighted by Crippen LogP contribution is -2.25. The Bertz CT molecular complexity index is 1400. The van der Waals surface area contributed by atoms with E-state index in [9.17, 15) is 22.8 Å². The number of hydrogen-bond donors (Lipinski definition) is 2. The third kappa shape index (κ3) is 7.38. The van der Waals surface area contributed by atoms with Crippen LogP contribution in [0.4, 0.5) is 5.69 Å². The molecule has 0 saturated heterocycles. The number of benzene rings is 2. The average Bonchev–Trinajstić information content (AvgIpc) is 2.80. The number of nitrogens with one attached hydrogen (secondary N) is 1. The van der Waals surface area contributed by atoms with Gasteiger partial charge in [0, 0.05) is 12.2 Å². The molecule has 10 nitrogen and oxygen atoms in total. The molecule has 0 atom stereocenters. The van der Waals surface area contributed by atoms with Crippen LogP contribution < -0.4 is 16.0 Å². The van der Waals surface area contributed by atoms with Gasteiger partial charge in [-0.05, 0) is 42.7 Å². The molecule has 0 aliphatic heterocycles. The number of esters is 1. The Hall–Kier alpha value is -3.22. The Labute approximate surface area is 206 Å². The third-order valence-corrected chi connectivity index (χ3v) is 6.75. The summed E-state index contributed by atoms with van der Waals surface area (Å²) in [7, 11) is -3.92. The number of rotatable bonds is 10. The number of amides is 1. The molecule has 3 N–H and O–H groups in total. The van der Waals surface area contributed by atoms with Crippen LogP contribution in [0, 0.1) is 5.92 Å². The molecule has 1 aromatic heterocycles. The van der Waals surface area contributed by atoms with Gasteiger partial charge >= 0.3 is 5.97 Å². The lowest BCUT2D eigenvalue weighted by atomic mass is 10.1. The van der Waals surface area contributed by atoms with Crippen LogP contribution in [0.2, 0.25) is 0 Å². The first-order valence-corrected chi connectivity index (χ1v) is 13.3. The molecule has 0 fully saturated rings. The molecule has 35 heavy (non-hydrogen) atoms. The van der Waals surface area contributed by atoms with Crippen molar-refractivity contribution in [2.45, 2.75) is 36.9 Å². The van der Waals surface area contributed by atoms with Gasteiger partial charge in [0.2, 0.25) is 10.0 Å².